The second-order valence-electron chi connectivity index (χ2n) is 5.02. The minimum Gasteiger partial charge on any atom is -0.356 e. The molecule has 1 fully saturated rings. The molecule has 104 valence electrons. The van der Waals surface area contributed by atoms with Crippen molar-refractivity contribution >= 4 is 17.5 Å². The van der Waals surface area contributed by atoms with Crippen molar-refractivity contribution in [3.8, 4) is 0 Å². The Balaban J connectivity index is 1.85. The van der Waals surface area contributed by atoms with Crippen molar-refractivity contribution in [1.29, 1.82) is 0 Å². The number of nitrogens with one attached hydrogen (secondary N) is 1. The number of rotatable bonds is 3. The number of aryl methyl sites for hydroxylation is 1. The average Bonchev–Trinajstić information content (AvgIpc) is 2.91. The second kappa shape index (κ2) is 5.45. The van der Waals surface area contributed by atoms with Crippen LogP contribution in [0.25, 0.3) is 0 Å². The monoisotopic (exact) mass is 272 g/mol. The molecular formula is C15H17FN4. The molecule has 20 heavy (non-hydrogen) atoms. The van der Waals surface area contributed by atoms with Crippen LogP contribution in [0.4, 0.5) is 21.8 Å². The average molecular weight is 272 g/mol. The van der Waals surface area contributed by atoms with Gasteiger partial charge in [0.15, 0.2) is 0 Å². The van der Waals surface area contributed by atoms with Crippen molar-refractivity contribution < 1.29 is 4.39 Å². The van der Waals surface area contributed by atoms with Gasteiger partial charge in [0.2, 0.25) is 5.95 Å². The lowest BCUT2D eigenvalue weighted by Gasteiger charge is -2.17. The maximum Gasteiger partial charge on any atom is 0.229 e. The molecule has 1 aliphatic rings. The lowest BCUT2D eigenvalue weighted by Crippen LogP contribution is -2.19. The van der Waals surface area contributed by atoms with Gasteiger partial charge in [-0.15, -0.1) is 0 Å². The third-order valence-corrected chi connectivity index (χ3v) is 3.35. The fourth-order valence-electron chi connectivity index (χ4n) is 2.41. The molecule has 0 atom stereocenters. The van der Waals surface area contributed by atoms with Crippen molar-refractivity contribution in [2.24, 2.45) is 0 Å². The van der Waals surface area contributed by atoms with E-state index in [0.717, 1.165) is 24.6 Å². The van der Waals surface area contributed by atoms with Crippen LogP contribution in [0, 0.1) is 12.7 Å². The van der Waals surface area contributed by atoms with Crippen molar-refractivity contribution in [2.75, 3.05) is 23.3 Å². The number of nitrogens with zero attached hydrogens (tertiary/aromatic N) is 3. The van der Waals surface area contributed by atoms with Gasteiger partial charge >= 0.3 is 0 Å². The molecule has 1 aromatic carbocycles. The SMILES string of the molecule is Cc1cc(N2CCCC2)nc(Nc2cccc(F)c2)n1. The lowest BCUT2D eigenvalue weighted by atomic mass is 10.3. The van der Waals surface area contributed by atoms with Gasteiger partial charge in [-0.3, -0.25) is 0 Å². The molecule has 4 nitrogen and oxygen atoms in total. The minimum absolute atomic E-state index is 0.276. The van der Waals surface area contributed by atoms with E-state index in [2.05, 4.69) is 20.2 Å². The highest BCUT2D eigenvalue weighted by atomic mass is 19.1. The summed E-state index contributed by atoms with van der Waals surface area (Å²) in [6.07, 6.45) is 2.41. The Bertz CT molecular complexity index is 609. The highest BCUT2D eigenvalue weighted by Gasteiger charge is 2.15. The van der Waals surface area contributed by atoms with Gasteiger partial charge in [-0.1, -0.05) is 6.07 Å². The van der Waals surface area contributed by atoms with Crippen LogP contribution < -0.4 is 10.2 Å². The Labute approximate surface area is 117 Å². The second-order valence-corrected chi connectivity index (χ2v) is 5.02. The molecule has 1 saturated heterocycles. The predicted octanol–water partition coefficient (Wildman–Crippen LogP) is 3.27. The Morgan fingerprint density at radius 2 is 1.95 bits per heavy atom. The molecule has 0 radical (unpaired) electrons. The zero-order valence-corrected chi connectivity index (χ0v) is 11.4. The van der Waals surface area contributed by atoms with Crippen LogP contribution in [-0.2, 0) is 0 Å². The number of hydrogen-bond acceptors (Lipinski definition) is 4. The largest absolute Gasteiger partial charge is 0.356 e. The summed E-state index contributed by atoms with van der Waals surface area (Å²) in [6.45, 7) is 4.02. The topological polar surface area (TPSA) is 41.1 Å². The van der Waals surface area contributed by atoms with E-state index in [0.29, 0.717) is 11.6 Å². The van der Waals surface area contributed by atoms with E-state index in [1.165, 1.54) is 25.0 Å². The number of benzene rings is 1. The molecule has 1 aromatic heterocycles. The van der Waals surface area contributed by atoms with Crippen LogP contribution in [0.2, 0.25) is 0 Å². The molecule has 1 aliphatic heterocycles. The van der Waals surface area contributed by atoms with Crippen LogP contribution in [-0.4, -0.2) is 23.1 Å². The van der Waals surface area contributed by atoms with Gasteiger partial charge < -0.3 is 10.2 Å². The van der Waals surface area contributed by atoms with Gasteiger partial charge in [0.05, 0.1) is 0 Å². The summed E-state index contributed by atoms with van der Waals surface area (Å²) in [7, 11) is 0. The minimum atomic E-state index is -0.276. The van der Waals surface area contributed by atoms with E-state index in [9.17, 15) is 4.39 Å². The Kier molecular flexibility index (Phi) is 3.50. The summed E-state index contributed by atoms with van der Waals surface area (Å²) in [4.78, 5) is 11.1. The van der Waals surface area contributed by atoms with Crippen molar-refractivity contribution in [3.63, 3.8) is 0 Å². The molecule has 0 unspecified atom stereocenters. The third kappa shape index (κ3) is 2.87. The van der Waals surface area contributed by atoms with Gasteiger partial charge in [-0.25, -0.2) is 9.37 Å². The Hall–Kier alpha value is -2.17. The zero-order valence-electron chi connectivity index (χ0n) is 11.4. The van der Waals surface area contributed by atoms with Gasteiger partial charge in [-0.05, 0) is 38.0 Å². The van der Waals surface area contributed by atoms with Crippen LogP contribution >= 0.6 is 0 Å². The molecule has 1 N–H and O–H groups in total. The summed E-state index contributed by atoms with van der Waals surface area (Å²) in [5.74, 6) is 1.17. The van der Waals surface area contributed by atoms with E-state index in [-0.39, 0.29) is 5.82 Å². The normalized spacial score (nSPS) is 14.6. The van der Waals surface area contributed by atoms with Crippen molar-refractivity contribution in [1.82, 2.24) is 9.97 Å². The van der Waals surface area contributed by atoms with Gasteiger partial charge in [0, 0.05) is 30.5 Å². The molecular weight excluding hydrogens is 255 g/mol. The standard InChI is InChI=1S/C15H17FN4/c1-11-9-14(20-7-2-3-8-20)19-15(17-11)18-13-6-4-5-12(16)10-13/h4-6,9-10H,2-3,7-8H2,1H3,(H,17,18,19). The highest BCUT2D eigenvalue weighted by molar-refractivity contribution is 5.55. The first-order chi connectivity index (χ1) is 9.70. The molecule has 2 aromatic rings. The van der Waals surface area contributed by atoms with E-state index in [1.807, 2.05) is 13.0 Å². The van der Waals surface area contributed by atoms with Gasteiger partial charge in [0.1, 0.15) is 11.6 Å². The first-order valence-electron chi connectivity index (χ1n) is 6.84. The third-order valence-electron chi connectivity index (χ3n) is 3.35. The van der Waals surface area contributed by atoms with Crippen molar-refractivity contribution in [2.45, 2.75) is 19.8 Å². The molecule has 0 aliphatic carbocycles. The first-order valence-corrected chi connectivity index (χ1v) is 6.84. The molecule has 0 saturated carbocycles. The van der Waals surface area contributed by atoms with Crippen LogP contribution in [0.1, 0.15) is 18.5 Å². The maximum atomic E-state index is 13.2. The zero-order chi connectivity index (χ0) is 13.9. The van der Waals surface area contributed by atoms with Crippen LogP contribution in [0.3, 0.4) is 0 Å². The van der Waals surface area contributed by atoms with Gasteiger partial charge in [0.25, 0.3) is 0 Å². The molecule has 0 bridgehead atoms. The van der Waals surface area contributed by atoms with Crippen LogP contribution in [0.5, 0.6) is 0 Å². The number of anilines is 3. The number of halogens is 1. The molecule has 5 heteroatoms. The summed E-state index contributed by atoms with van der Waals surface area (Å²) < 4.78 is 13.2. The lowest BCUT2D eigenvalue weighted by molar-refractivity contribution is 0.628. The molecule has 2 heterocycles. The molecule has 0 amide bonds. The fraction of sp³-hybridized carbons (Fsp3) is 0.333. The summed E-state index contributed by atoms with van der Waals surface area (Å²) >= 11 is 0. The summed E-state index contributed by atoms with van der Waals surface area (Å²) in [5, 5.41) is 3.06. The number of aromatic nitrogens is 2. The van der Waals surface area contributed by atoms with E-state index < -0.39 is 0 Å². The first kappa shape index (κ1) is 12.8. The maximum absolute atomic E-state index is 13.2. The Morgan fingerprint density at radius 3 is 2.70 bits per heavy atom. The number of hydrogen-bond donors (Lipinski definition) is 1. The van der Waals surface area contributed by atoms with Crippen molar-refractivity contribution in [3.05, 3.63) is 41.8 Å². The van der Waals surface area contributed by atoms with E-state index in [4.69, 9.17) is 0 Å². The molecule has 3 rings (SSSR count). The summed E-state index contributed by atoms with van der Waals surface area (Å²) in [5.41, 5.74) is 1.56. The fourth-order valence-corrected chi connectivity index (χ4v) is 2.41. The quantitative estimate of drug-likeness (QED) is 0.931. The Morgan fingerprint density at radius 1 is 1.15 bits per heavy atom. The highest BCUT2D eigenvalue weighted by Crippen LogP contribution is 2.21. The van der Waals surface area contributed by atoms with E-state index >= 15 is 0 Å². The van der Waals surface area contributed by atoms with Crippen LogP contribution in [0.15, 0.2) is 30.3 Å². The smallest absolute Gasteiger partial charge is 0.229 e. The van der Waals surface area contributed by atoms with Gasteiger partial charge in [-0.2, -0.15) is 4.98 Å². The predicted molar refractivity (Wildman–Crippen MR) is 77.9 cm³/mol. The van der Waals surface area contributed by atoms with E-state index in [1.54, 1.807) is 12.1 Å². The summed E-state index contributed by atoms with van der Waals surface area (Å²) in [6, 6.07) is 8.29. The molecule has 0 spiro atoms.